The van der Waals surface area contributed by atoms with Crippen LogP contribution >= 0.6 is 22.9 Å². The van der Waals surface area contributed by atoms with Crippen molar-refractivity contribution in [3.63, 3.8) is 0 Å². The minimum Gasteiger partial charge on any atom is -0.337 e. The standard InChI is InChI=1S/C21H26ClN5OS/c22-16-6-7-19-25-20(21(28)26-10-4-2-1-3-5-11-26)18(27(19)13-16)12-23-9-8-17-14-29-15-24-17/h6-7,13-15,23H,1-5,8-12H2. The molecule has 0 bridgehead atoms. The number of carbonyl (C=O) groups is 1. The van der Waals surface area contributed by atoms with Crippen LogP contribution in [0.1, 0.15) is 54.0 Å². The van der Waals surface area contributed by atoms with Gasteiger partial charge >= 0.3 is 0 Å². The van der Waals surface area contributed by atoms with Crippen LogP contribution in [-0.2, 0) is 13.0 Å². The van der Waals surface area contributed by atoms with E-state index < -0.39 is 0 Å². The lowest BCUT2D eigenvalue weighted by Crippen LogP contribution is -2.35. The zero-order valence-corrected chi connectivity index (χ0v) is 18.0. The molecule has 1 saturated heterocycles. The van der Waals surface area contributed by atoms with Crippen LogP contribution in [0.25, 0.3) is 5.65 Å². The van der Waals surface area contributed by atoms with Crippen LogP contribution in [0.15, 0.2) is 29.2 Å². The maximum atomic E-state index is 13.3. The second-order valence-electron chi connectivity index (χ2n) is 7.45. The molecule has 29 heavy (non-hydrogen) atoms. The van der Waals surface area contributed by atoms with E-state index in [9.17, 15) is 4.79 Å². The van der Waals surface area contributed by atoms with E-state index in [4.69, 9.17) is 11.6 Å². The topological polar surface area (TPSA) is 62.5 Å². The highest BCUT2D eigenvalue weighted by Crippen LogP contribution is 2.20. The van der Waals surface area contributed by atoms with Crippen LogP contribution in [-0.4, -0.2) is 44.8 Å². The quantitative estimate of drug-likeness (QED) is 0.594. The van der Waals surface area contributed by atoms with Gasteiger partial charge in [0.2, 0.25) is 0 Å². The number of amides is 1. The summed E-state index contributed by atoms with van der Waals surface area (Å²) in [4.78, 5) is 24.3. The van der Waals surface area contributed by atoms with Gasteiger partial charge in [-0.3, -0.25) is 4.79 Å². The van der Waals surface area contributed by atoms with E-state index in [-0.39, 0.29) is 5.91 Å². The van der Waals surface area contributed by atoms with E-state index in [1.54, 1.807) is 11.3 Å². The van der Waals surface area contributed by atoms with Crippen molar-refractivity contribution < 1.29 is 4.79 Å². The molecule has 8 heteroatoms. The van der Waals surface area contributed by atoms with Gasteiger partial charge in [0.25, 0.3) is 5.91 Å². The number of rotatable bonds is 6. The lowest BCUT2D eigenvalue weighted by atomic mass is 10.1. The molecule has 3 aromatic rings. The third-order valence-corrected chi connectivity index (χ3v) is 6.22. The average Bonchev–Trinajstić information content (AvgIpc) is 3.32. The van der Waals surface area contributed by atoms with Crippen LogP contribution in [0.5, 0.6) is 0 Å². The molecule has 0 unspecified atom stereocenters. The average molecular weight is 432 g/mol. The zero-order valence-electron chi connectivity index (χ0n) is 16.4. The number of hydrogen-bond acceptors (Lipinski definition) is 5. The number of pyridine rings is 1. The lowest BCUT2D eigenvalue weighted by Gasteiger charge is -2.24. The Balaban J connectivity index is 1.54. The van der Waals surface area contributed by atoms with Gasteiger partial charge in [-0.05, 0) is 25.0 Å². The van der Waals surface area contributed by atoms with Crippen LogP contribution in [0.2, 0.25) is 5.02 Å². The van der Waals surface area contributed by atoms with Crippen LogP contribution in [0.4, 0.5) is 0 Å². The Bertz CT molecular complexity index is 948. The van der Waals surface area contributed by atoms with Crippen LogP contribution < -0.4 is 5.32 Å². The van der Waals surface area contributed by atoms with E-state index in [1.807, 2.05) is 33.1 Å². The molecule has 0 atom stereocenters. The van der Waals surface area contributed by atoms with E-state index in [0.717, 1.165) is 55.9 Å². The van der Waals surface area contributed by atoms with Gasteiger partial charge in [0, 0.05) is 44.2 Å². The monoisotopic (exact) mass is 431 g/mol. The van der Waals surface area contributed by atoms with Crippen molar-refractivity contribution in [2.75, 3.05) is 19.6 Å². The molecule has 1 aliphatic rings. The number of nitrogens with one attached hydrogen (secondary N) is 1. The maximum Gasteiger partial charge on any atom is 0.274 e. The van der Waals surface area contributed by atoms with Crippen molar-refractivity contribution in [2.45, 2.75) is 45.1 Å². The SMILES string of the molecule is O=C(c1nc2ccc(Cl)cn2c1CNCCc1cscn1)N1CCCCCCC1. The molecule has 0 aromatic carbocycles. The van der Waals surface area contributed by atoms with Gasteiger partial charge in [0.05, 0.1) is 21.9 Å². The largest absolute Gasteiger partial charge is 0.337 e. The summed E-state index contributed by atoms with van der Waals surface area (Å²) in [5.41, 5.74) is 5.09. The number of fused-ring (bicyclic) bond motifs is 1. The molecule has 1 aliphatic heterocycles. The number of nitrogens with zero attached hydrogens (tertiary/aromatic N) is 4. The van der Waals surface area contributed by atoms with E-state index in [2.05, 4.69) is 20.7 Å². The highest BCUT2D eigenvalue weighted by Gasteiger charge is 2.24. The number of carbonyl (C=O) groups excluding carboxylic acids is 1. The van der Waals surface area contributed by atoms with Gasteiger partial charge in [-0.25, -0.2) is 9.97 Å². The smallest absolute Gasteiger partial charge is 0.274 e. The fourth-order valence-electron chi connectivity index (χ4n) is 3.79. The molecule has 6 nitrogen and oxygen atoms in total. The highest BCUT2D eigenvalue weighted by atomic mass is 35.5. The summed E-state index contributed by atoms with van der Waals surface area (Å²) in [7, 11) is 0. The van der Waals surface area contributed by atoms with Gasteiger partial charge in [-0.1, -0.05) is 30.9 Å². The molecule has 0 saturated carbocycles. The number of likely N-dealkylation sites (tertiary alicyclic amines) is 1. The van der Waals surface area contributed by atoms with Crippen LogP contribution in [0.3, 0.4) is 0 Å². The molecule has 3 aromatic heterocycles. The first-order valence-corrected chi connectivity index (χ1v) is 11.6. The minimum atomic E-state index is 0.0306. The second-order valence-corrected chi connectivity index (χ2v) is 8.60. The van der Waals surface area contributed by atoms with Gasteiger partial charge in [0.1, 0.15) is 5.65 Å². The molecule has 0 spiro atoms. The first kappa shape index (κ1) is 20.3. The number of thiazole rings is 1. The molecular formula is C21H26ClN5OS. The third-order valence-electron chi connectivity index (χ3n) is 5.36. The summed E-state index contributed by atoms with van der Waals surface area (Å²) in [6, 6.07) is 3.68. The number of halogens is 1. The lowest BCUT2D eigenvalue weighted by molar-refractivity contribution is 0.0735. The fourth-order valence-corrected chi connectivity index (χ4v) is 4.55. The third kappa shape index (κ3) is 4.97. The summed E-state index contributed by atoms with van der Waals surface area (Å²) >= 11 is 7.83. The fraction of sp³-hybridized carbons (Fsp3) is 0.476. The van der Waals surface area contributed by atoms with Crippen molar-refractivity contribution in [1.82, 2.24) is 24.6 Å². The summed E-state index contributed by atoms with van der Waals surface area (Å²) in [6.45, 7) is 2.96. The molecule has 0 radical (unpaired) electrons. The molecule has 1 amide bonds. The molecule has 1 N–H and O–H groups in total. The molecule has 4 heterocycles. The van der Waals surface area contributed by atoms with Crippen molar-refractivity contribution in [3.8, 4) is 0 Å². The second kappa shape index (κ2) is 9.69. The Morgan fingerprint density at radius 3 is 2.72 bits per heavy atom. The molecule has 154 valence electrons. The zero-order chi connectivity index (χ0) is 20.1. The van der Waals surface area contributed by atoms with Crippen LogP contribution in [0, 0.1) is 0 Å². The van der Waals surface area contributed by atoms with Gasteiger partial charge in [-0.2, -0.15) is 0 Å². The molecule has 0 aliphatic carbocycles. The highest BCUT2D eigenvalue weighted by molar-refractivity contribution is 7.07. The molecule has 1 fully saturated rings. The van der Waals surface area contributed by atoms with Crippen molar-refractivity contribution >= 4 is 34.5 Å². The minimum absolute atomic E-state index is 0.0306. The Kier molecular flexibility index (Phi) is 6.79. The first-order chi connectivity index (χ1) is 14.2. The van der Waals surface area contributed by atoms with E-state index >= 15 is 0 Å². The van der Waals surface area contributed by atoms with Gasteiger partial charge in [-0.15, -0.1) is 11.3 Å². The number of aromatic nitrogens is 3. The maximum absolute atomic E-state index is 13.3. The van der Waals surface area contributed by atoms with E-state index in [0.29, 0.717) is 17.3 Å². The normalized spacial score (nSPS) is 15.4. The predicted molar refractivity (Wildman–Crippen MR) is 117 cm³/mol. The summed E-state index contributed by atoms with van der Waals surface area (Å²) < 4.78 is 1.94. The number of imidazole rings is 1. The van der Waals surface area contributed by atoms with Crippen molar-refractivity contribution in [2.24, 2.45) is 0 Å². The Morgan fingerprint density at radius 2 is 1.97 bits per heavy atom. The van der Waals surface area contributed by atoms with Gasteiger partial charge in [0.15, 0.2) is 5.69 Å². The molecular weight excluding hydrogens is 406 g/mol. The first-order valence-electron chi connectivity index (χ1n) is 10.3. The Hall–Kier alpha value is -1.96. The molecule has 4 rings (SSSR count). The van der Waals surface area contributed by atoms with E-state index in [1.165, 1.54) is 19.3 Å². The van der Waals surface area contributed by atoms with Gasteiger partial charge < -0.3 is 14.6 Å². The Morgan fingerprint density at radius 1 is 1.17 bits per heavy atom. The van der Waals surface area contributed by atoms with Crippen molar-refractivity contribution in [1.29, 1.82) is 0 Å². The Labute approximate surface area is 179 Å². The number of hydrogen-bond donors (Lipinski definition) is 1. The summed E-state index contributed by atoms with van der Waals surface area (Å²) in [5, 5.41) is 6.14. The summed E-state index contributed by atoms with van der Waals surface area (Å²) in [5.74, 6) is 0.0306. The van der Waals surface area contributed by atoms with Crippen molar-refractivity contribution in [3.05, 3.63) is 51.3 Å². The predicted octanol–water partition coefficient (Wildman–Crippen LogP) is 4.18. The summed E-state index contributed by atoms with van der Waals surface area (Å²) in [6.07, 6.45) is 8.47.